The van der Waals surface area contributed by atoms with Crippen molar-refractivity contribution in [2.75, 3.05) is 38.3 Å². The van der Waals surface area contributed by atoms with Gasteiger partial charge >= 0.3 is 0 Å². The number of aromatic nitrogens is 2. The van der Waals surface area contributed by atoms with E-state index in [4.69, 9.17) is 0 Å². The highest BCUT2D eigenvalue weighted by Gasteiger charge is 2.06. The Kier molecular flexibility index (Phi) is 5.97. The summed E-state index contributed by atoms with van der Waals surface area (Å²) in [7, 11) is 4.18. The van der Waals surface area contributed by atoms with E-state index in [1.807, 2.05) is 11.8 Å². The topological polar surface area (TPSA) is 41.1 Å². The zero-order valence-corrected chi connectivity index (χ0v) is 11.1. The van der Waals surface area contributed by atoms with Gasteiger partial charge in [-0.15, -0.1) is 5.10 Å². The van der Waals surface area contributed by atoms with E-state index in [0.717, 1.165) is 35.3 Å². The fourth-order valence-electron chi connectivity index (χ4n) is 1.01. The Morgan fingerprint density at radius 1 is 1.47 bits per heavy atom. The van der Waals surface area contributed by atoms with Gasteiger partial charge in [-0.1, -0.05) is 4.49 Å². The van der Waals surface area contributed by atoms with Gasteiger partial charge in [0.05, 0.1) is 0 Å². The average Bonchev–Trinajstić information content (AvgIpc) is 2.61. The van der Waals surface area contributed by atoms with Crippen LogP contribution in [-0.4, -0.2) is 47.4 Å². The summed E-state index contributed by atoms with van der Waals surface area (Å²) in [6, 6.07) is 0. The number of nitrogens with one attached hydrogen (secondary N) is 1. The molecule has 86 valence electrons. The molecule has 0 aromatic carbocycles. The predicted octanol–water partition coefficient (Wildman–Crippen LogP) is 1.76. The Morgan fingerprint density at radius 3 is 2.93 bits per heavy atom. The van der Waals surface area contributed by atoms with E-state index >= 15 is 0 Å². The minimum atomic E-state index is 0.930. The molecule has 0 unspecified atom stereocenters. The van der Waals surface area contributed by atoms with E-state index in [9.17, 15) is 0 Å². The normalized spacial score (nSPS) is 10.9. The van der Waals surface area contributed by atoms with Crippen LogP contribution in [0.3, 0.4) is 0 Å². The monoisotopic (exact) mass is 246 g/mol. The summed E-state index contributed by atoms with van der Waals surface area (Å²) in [5.74, 6) is 2.09. The maximum absolute atomic E-state index is 4.12. The lowest BCUT2D eigenvalue weighted by molar-refractivity contribution is 0.437. The van der Waals surface area contributed by atoms with Crippen molar-refractivity contribution < 1.29 is 0 Å². The highest BCUT2D eigenvalue weighted by atomic mass is 32.2. The fourth-order valence-corrected chi connectivity index (χ4v) is 2.79. The van der Waals surface area contributed by atoms with E-state index in [1.54, 1.807) is 0 Å². The SMILES string of the molecule is CCNc1snnc1CSCCN(C)C. The third kappa shape index (κ3) is 4.81. The Balaban J connectivity index is 2.27. The van der Waals surface area contributed by atoms with Crippen molar-refractivity contribution in [2.24, 2.45) is 0 Å². The second-order valence-electron chi connectivity index (χ2n) is 3.43. The molecule has 0 aliphatic carbocycles. The largest absolute Gasteiger partial charge is 0.374 e. The van der Waals surface area contributed by atoms with Crippen molar-refractivity contribution in [3.8, 4) is 0 Å². The van der Waals surface area contributed by atoms with E-state index in [0.29, 0.717) is 0 Å². The molecular formula is C9H18N4S2. The maximum atomic E-state index is 4.12. The lowest BCUT2D eigenvalue weighted by Gasteiger charge is -2.08. The first-order valence-electron chi connectivity index (χ1n) is 5.01. The summed E-state index contributed by atoms with van der Waals surface area (Å²) in [6.45, 7) is 4.13. The lowest BCUT2D eigenvalue weighted by Crippen LogP contribution is -2.14. The Labute approximate surface area is 99.6 Å². The first kappa shape index (κ1) is 12.7. The fraction of sp³-hybridized carbons (Fsp3) is 0.778. The van der Waals surface area contributed by atoms with Crippen molar-refractivity contribution >= 4 is 28.3 Å². The predicted molar refractivity (Wildman–Crippen MR) is 68.8 cm³/mol. The quantitative estimate of drug-likeness (QED) is 0.743. The van der Waals surface area contributed by atoms with E-state index < -0.39 is 0 Å². The molecule has 1 N–H and O–H groups in total. The molecule has 0 saturated heterocycles. The number of rotatable bonds is 7. The van der Waals surface area contributed by atoms with Crippen molar-refractivity contribution in [2.45, 2.75) is 12.7 Å². The van der Waals surface area contributed by atoms with Gasteiger partial charge in [0.1, 0.15) is 10.7 Å². The minimum Gasteiger partial charge on any atom is -0.374 e. The second kappa shape index (κ2) is 7.03. The van der Waals surface area contributed by atoms with Crippen molar-refractivity contribution in [3.63, 3.8) is 0 Å². The third-order valence-electron chi connectivity index (χ3n) is 1.81. The van der Waals surface area contributed by atoms with Gasteiger partial charge in [-0.2, -0.15) is 11.8 Å². The zero-order valence-electron chi connectivity index (χ0n) is 9.49. The van der Waals surface area contributed by atoms with Crippen LogP contribution in [0, 0.1) is 0 Å². The minimum absolute atomic E-state index is 0.930. The standard InChI is InChI=1S/C9H18N4S2/c1-4-10-9-8(11-12-15-9)7-14-6-5-13(2)3/h10H,4-7H2,1-3H3. The summed E-state index contributed by atoms with van der Waals surface area (Å²) in [5, 5.41) is 8.52. The number of thioether (sulfide) groups is 1. The molecule has 0 radical (unpaired) electrons. The molecule has 0 fully saturated rings. The molecule has 0 spiro atoms. The average molecular weight is 246 g/mol. The first-order valence-corrected chi connectivity index (χ1v) is 6.94. The molecule has 1 aromatic heterocycles. The lowest BCUT2D eigenvalue weighted by atomic mass is 10.5. The first-order chi connectivity index (χ1) is 7.24. The van der Waals surface area contributed by atoms with Gasteiger partial charge in [-0.25, -0.2) is 0 Å². The van der Waals surface area contributed by atoms with E-state index in [-0.39, 0.29) is 0 Å². The molecule has 0 atom stereocenters. The van der Waals surface area contributed by atoms with Crippen LogP contribution in [0.5, 0.6) is 0 Å². The second-order valence-corrected chi connectivity index (χ2v) is 5.29. The van der Waals surface area contributed by atoms with Gasteiger partial charge in [-0.05, 0) is 21.0 Å². The van der Waals surface area contributed by atoms with E-state index in [1.165, 1.54) is 11.5 Å². The van der Waals surface area contributed by atoms with Crippen LogP contribution in [0.15, 0.2) is 0 Å². The summed E-state index contributed by atoms with van der Waals surface area (Å²) >= 11 is 3.34. The highest BCUT2D eigenvalue weighted by Crippen LogP contribution is 2.21. The molecule has 0 aliphatic heterocycles. The summed E-state index contributed by atoms with van der Waals surface area (Å²) in [4.78, 5) is 2.19. The van der Waals surface area contributed by atoms with E-state index in [2.05, 4.69) is 40.8 Å². The molecule has 0 bridgehead atoms. The van der Waals surface area contributed by atoms with Crippen LogP contribution in [0.1, 0.15) is 12.6 Å². The molecule has 6 heteroatoms. The van der Waals surface area contributed by atoms with Gasteiger partial charge in [0.15, 0.2) is 0 Å². The van der Waals surface area contributed by atoms with Crippen LogP contribution in [0.25, 0.3) is 0 Å². The van der Waals surface area contributed by atoms with Gasteiger partial charge in [0.2, 0.25) is 0 Å². The van der Waals surface area contributed by atoms with Gasteiger partial charge in [0, 0.05) is 36.1 Å². The summed E-state index contributed by atoms with van der Waals surface area (Å²) < 4.78 is 3.96. The molecule has 1 aromatic rings. The van der Waals surface area contributed by atoms with Crippen LogP contribution in [0.4, 0.5) is 5.00 Å². The van der Waals surface area contributed by atoms with Crippen molar-refractivity contribution in [3.05, 3.63) is 5.69 Å². The van der Waals surface area contributed by atoms with Crippen LogP contribution in [-0.2, 0) is 5.75 Å². The highest BCUT2D eigenvalue weighted by molar-refractivity contribution is 7.98. The Hall–Kier alpha value is -0.330. The molecular weight excluding hydrogens is 228 g/mol. The van der Waals surface area contributed by atoms with Crippen LogP contribution < -0.4 is 5.32 Å². The Morgan fingerprint density at radius 2 is 2.27 bits per heavy atom. The molecule has 15 heavy (non-hydrogen) atoms. The third-order valence-corrected chi connectivity index (χ3v) is 3.49. The van der Waals surface area contributed by atoms with Gasteiger partial charge in [0.25, 0.3) is 0 Å². The van der Waals surface area contributed by atoms with Gasteiger partial charge in [-0.3, -0.25) is 0 Å². The summed E-state index contributed by atoms with van der Waals surface area (Å²) in [6.07, 6.45) is 0. The van der Waals surface area contributed by atoms with Gasteiger partial charge < -0.3 is 10.2 Å². The number of hydrogen-bond acceptors (Lipinski definition) is 6. The maximum Gasteiger partial charge on any atom is 0.134 e. The zero-order chi connectivity index (χ0) is 11.1. The molecule has 0 aliphatic rings. The molecule has 1 heterocycles. The molecule has 0 amide bonds. The van der Waals surface area contributed by atoms with Crippen molar-refractivity contribution in [1.82, 2.24) is 14.5 Å². The summed E-state index contributed by atoms with van der Waals surface area (Å²) in [5.41, 5.74) is 1.09. The van der Waals surface area contributed by atoms with Crippen molar-refractivity contribution in [1.29, 1.82) is 0 Å². The van der Waals surface area contributed by atoms with Crippen LogP contribution in [0.2, 0.25) is 0 Å². The smallest absolute Gasteiger partial charge is 0.134 e. The molecule has 0 saturated carbocycles. The number of anilines is 1. The molecule has 1 rings (SSSR count). The number of hydrogen-bond donors (Lipinski definition) is 1. The van der Waals surface area contributed by atoms with Crippen LogP contribution >= 0.6 is 23.3 Å². The molecule has 4 nitrogen and oxygen atoms in total. The number of nitrogens with zero attached hydrogens (tertiary/aromatic N) is 3. The Bertz CT molecular complexity index is 275.